The Morgan fingerprint density at radius 1 is 1.33 bits per heavy atom. The number of anilines is 2. The molecule has 1 aliphatic heterocycles. The maximum atomic E-state index is 5.72. The Bertz CT molecular complexity index is 831. The minimum absolute atomic E-state index is 0.570. The average Bonchev–Trinajstić information content (AvgIpc) is 2.93. The van der Waals surface area contributed by atoms with E-state index in [2.05, 4.69) is 26.1 Å². The molecule has 2 N–H and O–H groups in total. The maximum Gasteiger partial charge on any atom is 0.258 e. The molecule has 0 saturated heterocycles. The van der Waals surface area contributed by atoms with E-state index < -0.39 is 0 Å². The zero-order valence-electron chi connectivity index (χ0n) is 11.4. The minimum atomic E-state index is 0.570. The molecule has 0 unspecified atom stereocenters. The number of fused-ring (bicyclic) bond motifs is 3. The lowest BCUT2D eigenvalue weighted by Gasteiger charge is -2.27. The molecule has 0 atom stereocenters. The Labute approximate surface area is 125 Å². The summed E-state index contributed by atoms with van der Waals surface area (Å²) in [5, 5.41) is 9.99. The number of nitrogens with two attached hydrogens (primary N) is 1. The summed E-state index contributed by atoms with van der Waals surface area (Å²) >= 11 is 1.47. The molecule has 0 spiro atoms. The van der Waals surface area contributed by atoms with Crippen molar-refractivity contribution < 1.29 is 4.74 Å². The van der Waals surface area contributed by atoms with E-state index in [0.29, 0.717) is 17.6 Å². The summed E-state index contributed by atoms with van der Waals surface area (Å²) in [4.78, 5) is 7.30. The van der Waals surface area contributed by atoms with E-state index in [9.17, 15) is 0 Å². The van der Waals surface area contributed by atoms with Gasteiger partial charge in [-0.05, 0) is 17.7 Å². The first-order chi connectivity index (χ1) is 10.2. The number of hydrogen-bond acceptors (Lipinski definition) is 7. The van der Waals surface area contributed by atoms with Gasteiger partial charge in [0.2, 0.25) is 0 Å². The van der Waals surface area contributed by atoms with Crippen molar-refractivity contribution in [2.45, 2.75) is 0 Å². The first kappa shape index (κ1) is 12.3. The van der Waals surface area contributed by atoms with Crippen molar-refractivity contribution in [2.24, 2.45) is 0 Å². The molecule has 3 heterocycles. The lowest BCUT2D eigenvalue weighted by Crippen LogP contribution is -2.29. The number of benzene rings is 1. The van der Waals surface area contributed by atoms with Crippen LogP contribution in [0.3, 0.4) is 0 Å². The smallest absolute Gasteiger partial charge is 0.258 e. The summed E-state index contributed by atoms with van der Waals surface area (Å²) in [6.07, 6.45) is 1.79. The van der Waals surface area contributed by atoms with Crippen molar-refractivity contribution in [2.75, 3.05) is 30.8 Å². The molecule has 6 nitrogen and oxygen atoms in total. The van der Waals surface area contributed by atoms with Crippen LogP contribution >= 0.6 is 11.3 Å². The predicted octanol–water partition coefficient (Wildman–Crippen LogP) is 2.16. The summed E-state index contributed by atoms with van der Waals surface area (Å²) in [5.41, 5.74) is 8.64. The highest BCUT2D eigenvalue weighted by molar-refractivity contribution is 7.18. The molecule has 4 rings (SSSR count). The molecule has 1 aromatic carbocycles. The SMILES string of the molecule is CN1CCOc2nnc3ccc(-c4cnc(N)s4)cc3c21. The second kappa shape index (κ2) is 4.56. The van der Waals surface area contributed by atoms with Gasteiger partial charge < -0.3 is 15.4 Å². The second-order valence-corrected chi connectivity index (χ2v) is 5.98. The van der Waals surface area contributed by atoms with Gasteiger partial charge in [-0.3, -0.25) is 0 Å². The van der Waals surface area contributed by atoms with Gasteiger partial charge in [0.25, 0.3) is 5.88 Å². The van der Waals surface area contributed by atoms with Crippen LogP contribution in [0, 0.1) is 0 Å². The molecule has 2 aromatic heterocycles. The highest BCUT2D eigenvalue weighted by atomic mass is 32.1. The van der Waals surface area contributed by atoms with Crippen LogP contribution in [-0.2, 0) is 0 Å². The molecule has 0 bridgehead atoms. The first-order valence-electron chi connectivity index (χ1n) is 6.58. The number of rotatable bonds is 1. The molecule has 0 fully saturated rings. The number of likely N-dealkylation sites (N-methyl/N-ethyl adjacent to an activating group) is 1. The van der Waals surface area contributed by atoms with Crippen molar-refractivity contribution in [3.8, 4) is 16.3 Å². The monoisotopic (exact) mass is 299 g/mol. The van der Waals surface area contributed by atoms with Crippen LogP contribution in [0.25, 0.3) is 21.3 Å². The van der Waals surface area contributed by atoms with Gasteiger partial charge in [-0.15, -0.1) is 10.2 Å². The summed E-state index contributed by atoms with van der Waals surface area (Å²) in [7, 11) is 2.04. The van der Waals surface area contributed by atoms with E-state index >= 15 is 0 Å². The van der Waals surface area contributed by atoms with Crippen LogP contribution in [0.2, 0.25) is 0 Å². The van der Waals surface area contributed by atoms with Crippen LogP contribution in [0.5, 0.6) is 5.88 Å². The summed E-state index contributed by atoms with van der Waals surface area (Å²) in [6, 6.07) is 6.08. The zero-order valence-corrected chi connectivity index (χ0v) is 12.2. The van der Waals surface area contributed by atoms with Gasteiger partial charge in [0, 0.05) is 18.6 Å². The van der Waals surface area contributed by atoms with Gasteiger partial charge in [-0.25, -0.2) is 4.98 Å². The van der Waals surface area contributed by atoms with Crippen LogP contribution in [-0.4, -0.2) is 35.4 Å². The third-order valence-electron chi connectivity index (χ3n) is 3.56. The first-order valence-corrected chi connectivity index (χ1v) is 7.40. The number of thiazole rings is 1. The number of hydrogen-bond donors (Lipinski definition) is 1. The third-order valence-corrected chi connectivity index (χ3v) is 4.43. The third kappa shape index (κ3) is 1.97. The van der Waals surface area contributed by atoms with Crippen molar-refractivity contribution in [1.29, 1.82) is 0 Å². The van der Waals surface area contributed by atoms with Crippen LogP contribution in [0.15, 0.2) is 24.4 Å². The number of nitrogens with zero attached hydrogens (tertiary/aromatic N) is 4. The quantitative estimate of drug-likeness (QED) is 0.742. The van der Waals surface area contributed by atoms with Gasteiger partial charge in [0.1, 0.15) is 12.3 Å². The van der Waals surface area contributed by atoms with Crippen molar-refractivity contribution in [3.05, 3.63) is 24.4 Å². The molecule has 0 radical (unpaired) electrons. The molecular formula is C14H13N5OS. The van der Waals surface area contributed by atoms with E-state index in [4.69, 9.17) is 10.5 Å². The Morgan fingerprint density at radius 2 is 2.24 bits per heavy atom. The number of aromatic nitrogens is 3. The van der Waals surface area contributed by atoms with Crippen LogP contribution in [0.4, 0.5) is 10.8 Å². The number of ether oxygens (including phenoxy) is 1. The van der Waals surface area contributed by atoms with Gasteiger partial charge in [-0.1, -0.05) is 17.4 Å². The average molecular weight is 299 g/mol. The molecule has 21 heavy (non-hydrogen) atoms. The zero-order chi connectivity index (χ0) is 14.4. The highest BCUT2D eigenvalue weighted by Gasteiger charge is 2.20. The van der Waals surface area contributed by atoms with Crippen molar-refractivity contribution >= 4 is 33.1 Å². The summed E-state index contributed by atoms with van der Waals surface area (Å²) < 4.78 is 5.61. The van der Waals surface area contributed by atoms with Crippen molar-refractivity contribution in [3.63, 3.8) is 0 Å². The van der Waals surface area contributed by atoms with Crippen molar-refractivity contribution in [1.82, 2.24) is 15.2 Å². The Hall–Kier alpha value is -2.41. The fraction of sp³-hybridized carbons (Fsp3) is 0.214. The Balaban J connectivity index is 1.95. The van der Waals surface area contributed by atoms with E-state index in [1.807, 2.05) is 19.2 Å². The predicted molar refractivity (Wildman–Crippen MR) is 83.8 cm³/mol. The van der Waals surface area contributed by atoms with E-state index in [1.165, 1.54) is 11.3 Å². The largest absolute Gasteiger partial charge is 0.473 e. The second-order valence-electron chi connectivity index (χ2n) is 4.92. The van der Waals surface area contributed by atoms with Crippen LogP contribution in [0.1, 0.15) is 0 Å². The fourth-order valence-electron chi connectivity index (χ4n) is 2.51. The standard InChI is InChI=1S/C14H13N5OS/c1-19-4-5-20-13-12(19)9-6-8(2-3-10(9)17-18-13)11-7-16-14(15)21-11/h2-3,6-7H,4-5H2,1H3,(H2,15,16). The van der Waals surface area contributed by atoms with Gasteiger partial charge in [0.05, 0.1) is 16.9 Å². The molecule has 3 aromatic rings. The maximum absolute atomic E-state index is 5.72. The Morgan fingerprint density at radius 3 is 3.05 bits per heavy atom. The topological polar surface area (TPSA) is 77.2 Å². The summed E-state index contributed by atoms with van der Waals surface area (Å²) in [6.45, 7) is 1.47. The normalized spacial score (nSPS) is 14.0. The van der Waals surface area contributed by atoms with Gasteiger partial charge in [0.15, 0.2) is 5.13 Å². The molecule has 0 saturated carbocycles. The molecule has 1 aliphatic rings. The molecule has 0 amide bonds. The van der Waals surface area contributed by atoms with Crippen LogP contribution < -0.4 is 15.4 Å². The fourth-order valence-corrected chi connectivity index (χ4v) is 3.19. The molecule has 0 aliphatic carbocycles. The number of nitrogen functional groups attached to an aromatic ring is 1. The molecule has 7 heteroatoms. The summed E-state index contributed by atoms with van der Waals surface area (Å²) in [5.74, 6) is 0.595. The van der Waals surface area contributed by atoms with E-state index in [1.54, 1.807) is 6.20 Å². The van der Waals surface area contributed by atoms with E-state index in [-0.39, 0.29) is 0 Å². The molecule has 106 valence electrons. The van der Waals surface area contributed by atoms with E-state index in [0.717, 1.165) is 33.6 Å². The molecular weight excluding hydrogens is 286 g/mol. The lowest BCUT2D eigenvalue weighted by molar-refractivity contribution is 0.296. The van der Waals surface area contributed by atoms with Gasteiger partial charge >= 0.3 is 0 Å². The lowest BCUT2D eigenvalue weighted by atomic mass is 10.1. The Kier molecular flexibility index (Phi) is 2.68. The highest BCUT2D eigenvalue weighted by Crippen LogP contribution is 2.37. The minimum Gasteiger partial charge on any atom is -0.473 e. The van der Waals surface area contributed by atoms with Gasteiger partial charge in [-0.2, -0.15) is 0 Å².